The van der Waals surface area contributed by atoms with E-state index in [4.69, 9.17) is 11.6 Å². The van der Waals surface area contributed by atoms with Crippen LogP contribution in [0.15, 0.2) is 18.2 Å². The van der Waals surface area contributed by atoms with Gasteiger partial charge < -0.3 is 5.32 Å². The largest absolute Gasteiger partial charge is 0.309 e. The van der Waals surface area contributed by atoms with Gasteiger partial charge in [0.25, 0.3) is 0 Å². The number of halogens is 1. The second-order valence-electron chi connectivity index (χ2n) is 3.81. The summed E-state index contributed by atoms with van der Waals surface area (Å²) in [6, 6.07) is 6.61. The van der Waals surface area contributed by atoms with Crippen LogP contribution >= 0.6 is 23.4 Å². The van der Waals surface area contributed by atoms with Gasteiger partial charge in [0, 0.05) is 23.4 Å². The van der Waals surface area contributed by atoms with Crippen molar-refractivity contribution < 1.29 is 0 Å². The molecule has 1 nitrogen and oxygen atoms in total. The van der Waals surface area contributed by atoms with Crippen LogP contribution in [0.1, 0.15) is 18.1 Å². The lowest BCUT2D eigenvalue weighted by Crippen LogP contribution is -2.27. The summed E-state index contributed by atoms with van der Waals surface area (Å²) in [7, 11) is 0. The molecule has 0 saturated heterocycles. The first-order valence-electron chi connectivity index (χ1n) is 5.11. The van der Waals surface area contributed by atoms with E-state index in [-0.39, 0.29) is 0 Å². The molecule has 0 spiro atoms. The van der Waals surface area contributed by atoms with Crippen LogP contribution in [-0.4, -0.2) is 18.1 Å². The molecule has 1 atom stereocenters. The van der Waals surface area contributed by atoms with Crippen molar-refractivity contribution in [3.05, 3.63) is 34.3 Å². The molecule has 15 heavy (non-hydrogen) atoms. The van der Waals surface area contributed by atoms with Gasteiger partial charge in [0.2, 0.25) is 0 Å². The number of hydrogen-bond acceptors (Lipinski definition) is 2. The smallest absolute Gasteiger partial charge is 0.0408 e. The molecule has 1 aromatic carbocycles. The molecule has 1 rings (SSSR count). The molecule has 0 aliphatic heterocycles. The third-order valence-electron chi connectivity index (χ3n) is 2.36. The van der Waals surface area contributed by atoms with E-state index in [0.29, 0.717) is 6.04 Å². The summed E-state index contributed by atoms with van der Waals surface area (Å²) in [5.41, 5.74) is 2.58. The molecule has 0 saturated carbocycles. The minimum Gasteiger partial charge on any atom is -0.309 e. The van der Waals surface area contributed by atoms with Gasteiger partial charge in [-0.1, -0.05) is 17.7 Å². The van der Waals surface area contributed by atoms with Crippen LogP contribution in [0.5, 0.6) is 0 Å². The van der Waals surface area contributed by atoms with Crippen molar-refractivity contribution in [1.29, 1.82) is 0 Å². The summed E-state index contributed by atoms with van der Waals surface area (Å²) in [5, 5.41) is 4.31. The molecule has 0 aliphatic rings. The standard InChI is InChI=1S/C12H18ClNS/c1-9-6-12(13)5-4-11(9)7-14-10(2)8-15-3/h4-6,10,14H,7-8H2,1-3H3. The van der Waals surface area contributed by atoms with E-state index in [1.54, 1.807) is 0 Å². The maximum atomic E-state index is 5.91. The molecule has 0 aliphatic carbocycles. The van der Waals surface area contributed by atoms with Gasteiger partial charge >= 0.3 is 0 Å². The Morgan fingerprint density at radius 3 is 2.80 bits per heavy atom. The van der Waals surface area contributed by atoms with Crippen molar-refractivity contribution in [3.63, 3.8) is 0 Å². The van der Waals surface area contributed by atoms with Gasteiger partial charge in [-0.2, -0.15) is 11.8 Å². The Hall–Kier alpha value is -0.180. The van der Waals surface area contributed by atoms with Gasteiger partial charge in [0.1, 0.15) is 0 Å². The lowest BCUT2D eigenvalue weighted by molar-refractivity contribution is 0.595. The second kappa shape index (κ2) is 6.41. The van der Waals surface area contributed by atoms with E-state index < -0.39 is 0 Å². The fraction of sp³-hybridized carbons (Fsp3) is 0.500. The summed E-state index contributed by atoms with van der Waals surface area (Å²) in [6.45, 7) is 5.23. The molecule has 3 heteroatoms. The highest BCUT2D eigenvalue weighted by molar-refractivity contribution is 7.98. The Morgan fingerprint density at radius 2 is 2.20 bits per heavy atom. The topological polar surface area (TPSA) is 12.0 Å². The van der Waals surface area contributed by atoms with E-state index in [2.05, 4.69) is 31.5 Å². The molecule has 0 amide bonds. The third-order valence-corrected chi connectivity index (χ3v) is 3.43. The maximum Gasteiger partial charge on any atom is 0.0408 e. The van der Waals surface area contributed by atoms with Crippen molar-refractivity contribution in [2.24, 2.45) is 0 Å². The van der Waals surface area contributed by atoms with Gasteiger partial charge in [0.05, 0.1) is 0 Å². The molecular formula is C12H18ClNS. The van der Waals surface area contributed by atoms with Crippen LogP contribution in [0.25, 0.3) is 0 Å². The predicted octanol–water partition coefficient (Wildman–Crippen LogP) is 3.49. The van der Waals surface area contributed by atoms with Crippen molar-refractivity contribution in [1.82, 2.24) is 5.32 Å². The molecule has 1 unspecified atom stereocenters. The normalized spacial score (nSPS) is 12.8. The minimum absolute atomic E-state index is 0.551. The average Bonchev–Trinajstić information content (AvgIpc) is 2.17. The Kier molecular flexibility index (Phi) is 5.51. The first kappa shape index (κ1) is 12.9. The SMILES string of the molecule is CSCC(C)NCc1ccc(Cl)cc1C. The average molecular weight is 244 g/mol. The summed E-state index contributed by atoms with van der Waals surface area (Å²) in [5.74, 6) is 1.15. The number of hydrogen-bond donors (Lipinski definition) is 1. The molecule has 1 aromatic rings. The lowest BCUT2D eigenvalue weighted by Gasteiger charge is -2.13. The Bertz CT molecular complexity index is 314. The number of thioether (sulfide) groups is 1. The number of nitrogens with one attached hydrogen (secondary N) is 1. The molecule has 0 heterocycles. The monoisotopic (exact) mass is 243 g/mol. The molecular weight excluding hydrogens is 226 g/mol. The third kappa shape index (κ3) is 4.45. The number of benzene rings is 1. The van der Waals surface area contributed by atoms with E-state index in [1.165, 1.54) is 11.1 Å². The molecule has 84 valence electrons. The molecule has 1 N–H and O–H groups in total. The van der Waals surface area contributed by atoms with Crippen LogP contribution in [0.4, 0.5) is 0 Å². The van der Waals surface area contributed by atoms with Gasteiger partial charge in [0.15, 0.2) is 0 Å². The number of aryl methyl sites for hydroxylation is 1. The molecule has 0 aromatic heterocycles. The van der Waals surface area contributed by atoms with E-state index in [1.807, 2.05) is 23.9 Å². The van der Waals surface area contributed by atoms with E-state index >= 15 is 0 Å². The zero-order valence-electron chi connectivity index (χ0n) is 9.51. The highest BCUT2D eigenvalue weighted by Gasteiger charge is 2.02. The zero-order chi connectivity index (χ0) is 11.3. The molecule has 0 radical (unpaired) electrons. The van der Waals surface area contributed by atoms with Gasteiger partial charge in [-0.15, -0.1) is 0 Å². The Morgan fingerprint density at radius 1 is 1.47 bits per heavy atom. The summed E-state index contributed by atoms with van der Waals surface area (Å²) in [4.78, 5) is 0. The summed E-state index contributed by atoms with van der Waals surface area (Å²) >= 11 is 7.77. The highest BCUT2D eigenvalue weighted by Crippen LogP contribution is 2.15. The highest BCUT2D eigenvalue weighted by atomic mass is 35.5. The van der Waals surface area contributed by atoms with Crippen LogP contribution < -0.4 is 5.32 Å². The Labute approximate surface area is 102 Å². The van der Waals surface area contributed by atoms with E-state index in [0.717, 1.165) is 17.3 Å². The van der Waals surface area contributed by atoms with Gasteiger partial charge in [-0.25, -0.2) is 0 Å². The van der Waals surface area contributed by atoms with Crippen molar-refractivity contribution >= 4 is 23.4 Å². The summed E-state index contributed by atoms with van der Waals surface area (Å²) < 4.78 is 0. The van der Waals surface area contributed by atoms with Gasteiger partial charge in [-0.05, 0) is 43.4 Å². The lowest BCUT2D eigenvalue weighted by atomic mass is 10.1. The van der Waals surface area contributed by atoms with Crippen molar-refractivity contribution in [2.75, 3.05) is 12.0 Å². The van der Waals surface area contributed by atoms with Crippen LogP contribution in [0, 0.1) is 6.92 Å². The van der Waals surface area contributed by atoms with Crippen molar-refractivity contribution in [3.8, 4) is 0 Å². The first-order valence-corrected chi connectivity index (χ1v) is 6.88. The Balaban J connectivity index is 2.50. The fourth-order valence-electron chi connectivity index (χ4n) is 1.45. The minimum atomic E-state index is 0.551. The maximum absolute atomic E-state index is 5.91. The van der Waals surface area contributed by atoms with Crippen LogP contribution in [-0.2, 0) is 6.54 Å². The first-order chi connectivity index (χ1) is 7.13. The predicted molar refractivity (Wildman–Crippen MR) is 70.9 cm³/mol. The van der Waals surface area contributed by atoms with E-state index in [9.17, 15) is 0 Å². The second-order valence-corrected chi connectivity index (χ2v) is 5.16. The molecule has 0 bridgehead atoms. The summed E-state index contributed by atoms with van der Waals surface area (Å²) in [6.07, 6.45) is 2.13. The zero-order valence-corrected chi connectivity index (χ0v) is 11.1. The fourth-order valence-corrected chi connectivity index (χ4v) is 2.30. The molecule has 0 fully saturated rings. The number of rotatable bonds is 5. The van der Waals surface area contributed by atoms with Crippen LogP contribution in [0.2, 0.25) is 5.02 Å². The van der Waals surface area contributed by atoms with Crippen molar-refractivity contribution in [2.45, 2.75) is 26.4 Å². The quantitative estimate of drug-likeness (QED) is 0.850. The van der Waals surface area contributed by atoms with Gasteiger partial charge in [-0.3, -0.25) is 0 Å². The van der Waals surface area contributed by atoms with Crippen LogP contribution in [0.3, 0.4) is 0 Å².